The molecule has 0 N–H and O–H groups in total. The van der Waals surface area contributed by atoms with Gasteiger partial charge in [-0.3, -0.25) is 14.9 Å². The van der Waals surface area contributed by atoms with Gasteiger partial charge in [0.05, 0.1) is 16.3 Å². The van der Waals surface area contributed by atoms with Crippen LogP contribution in [0, 0.1) is 23.0 Å². The molecule has 2 aromatic rings. The molecule has 2 rings (SSSR count). The first-order valence-electron chi connectivity index (χ1n) is 6.59. The van der Waals surface area contributed by atoms with Crippen molar-refractivity contribution in [3.05, 3.63) is 45.3 Å². The Balaban J connectivity index is 2.61. The quantitative estimate of drug-likeness (QED) is 0.479. The Hall–Kier alpha value is -2.57. The van der Waals surface area contributed by atoms with Crippen molar-refractivity contribution in [1.82, 2.24) is 15.0 Å². The molecule has 1 aromatic heterocycles. The summed E-state index contributed by atoms with van der Waals surface area (Å²) in [6.07, 6.45) is 1.27. The summed E-state index contributed by atoms with van der Waals surface area (Å²) in [4.78, 5) is 21.6. The minimum absolute atomic E-state index is 0.0192. The van der Waals surface area contributed by atoms with Gasteiger partial charge < -0.3 is 0 Å². The molecule has 21 heavy (non-hydrogen) atoms. The fourth-order valence-corrected chi connectivity index (χ4v) is 2.12. The van der Waals surface area contributed by atoms with Crippen molar-refractivity contribution in [3.8, 4) is 5.69 Å². The summed E-state index contributed by atoms with van der Waals surface area (Å²) in [6, 6.07) is 4.55. The largest absolute Gasteiger partial charge is 0.296 e. The van der Waals surface area contributed by atoms with Crippen LogP contribution in [0.4, 0.5) is 5.69 Å². The molecule has 0 amide bonds. The van der Waals surface area contributed by atoms with Crippen molar-refractivity contribution >= 4 is 12.0 Å². The van der Waals surface area contributed by atoms with Crippen LogP contribution >= 0.6 is 0 Å². The van der Waals surface area contributed by atoms with Gasteiger partial charge in [-0.15, -0.1) is 5.10 Å². The molecule has 0 unspecified atom stereocenters. The topological polar surface area (TPSA) is 90.9 Å². The molecule has 0 radical (unpaired) electrons. The number of hydrogen-bond donors (Lipinski definition) is 0. The number of aryl methyl sites for hydroxylation is 1. The molecule has 1 heterocycles. The van der Waals surface area contributed by atoms with Crippen LogP contribution in [0.15, 0.2) is 18.2 Å². The average molecular weight is 288 g/mol. The second-order valence-corrected chi connectivity index (χ2v) is 5.28. The third-order valence-electron chi connectivity index (χ3n) is 3.14. The van der Waals surface area contributed by atoms with E-state index in [1.165, 1.54) is 16.8 Å². The highest BCUT2D eigenvalue weighted by atomic mass is 16.6. The maximum atomic E-state index is 11.1. The Bertz CT molecular complexity index is 692. The van der Waals surface area contributed by atoms with E-state index in [4.69, 9.17) is 0 Å². The fourth-order valence-electron chi connectivity index (χ4n) is 2.12. The number of nitrogens with zero attached hydrogens (tertiary/aromatic N) is 4. The van der Waals surface area contributed by atoms with Crippen LogP contribution in [0.3, 0.4) is 0 Å². The summed E-state index contributed by atoms with van der Waals surface area (Å²) in [6.45, 7) is 5.87. The van der Waals surface area contributed by atoms with E-state index in [9.17, 15) is 14.9 Å². The predicted molar refractivity (Wildman–Crippen MR) is 76.7 cm³/mol. The van der Waals surface area contributed by atoms with Crippen LogP contribution in [0.1, 0.15) is 35.6 Å². The van der Waals surface area contributed by atoms with Gasteiger partial charge in [0.25, 0.3) is 5.69 Å². The van der Waals surface area contributed by atoms with E-state index in [0.717, 1.165) is 5.56 Å². The van der Waals surface area contributed by atoms with Gasteiger partial charge in [-0.1, -0.05) is 25.1 Å². The summed E-state index contributed by atoms with van der Waals surface area (Å²) >= 11 is 0. The highest BCUT2D eigenvalue weighted by molar-refractivity contribution is 5.73. The van der Waals surface area contributed by atoms with Crippen molar-refractivity contribution in [2.24, 2.45) is 5.92 Å². The Labute approximate surface area is 121 Å². The fraction of sp³-hybridized carbons (Fsp3) is 0.357. The predicted octanol–water partition coefficient (Wildman–Crippen LogP) is 2.49. The van der Waals surface area contributed by atoms with Crippen molar-refractivity contribution in [2.45, 2.75) is 27.2 Å². The molecule has 0 aliphatic rings. The number of benzene rings is 1. The van der Waals surface area contributed by atoms with Gasteiger partial charge in [0.15, 0.2) is 6.29 Å². The third kappa shape index (κ3) is 2.96. The molecule has 0 aliphatic heterocycles. The standard InChI is InChI=1S/C14H16N4O3/c1-9(2)6-14-12(8-19)15-16-17(14)13-7-11(18(20)21)5-4-10(13)3/h4-5,7-9H,6H2,1-3H3. The summed E-state index contributed by atoms with van der Waals surface area (Å²) in [5.41, 5.74) is 2.32. The number of hydrogen-bond acceptors (Lipinski definition) is 5. The summed E-state index contributed by atoms with van der Waals surface area (Å²) < 4.78 is 1.52. The molecular formula is C14H16N4O3. The Morgan fingerprint density at radius 2 is 2.14 bits per heavy atom. The first kappa shape index (κ1) is 14.8. The first-order chi connectivity index (χ1) is 9.93. The Morgan fingerprint density at radius 1 is 1.43 bits per heavy atom. The molecule has 0 aliphatic carbocycles. The van der Waals surface area contributed by atoms with E-state index in [-0.39, 0.29) is 11.4 Å². The molecule has 110 valence electrons. The van der Waals surface area contributed by atoms with Crippen LogP contribution < -0.4 is 0 Å². The lowest BCUT2D eigenvalue weighted by Crippen LogP contribution is -2.08. The van der Waals surface area contributed by atoms with Gasteiger partial charge >= 0.3 is 0 Å². The van der Waals surface area contributed by atoms with Crippen LogP contribution in [-0.4, -0.2) is 26.2 Å². The van der Waals surface area contributed by atoms with Crippen LogP contribution in [-0.2, 0) is 6.42 Å². The van der Waals surface area contributed by atoms with Gasteiger partial charge in [-0.2, -0.15) is 0 Å². The lowest BCUT2D eigenvalue weighted by atomic mass is 10.1. The maximum Gasteiger partial charge on any atom is 0.271 e. The highest BCUT2D eigenvalue weighted by Crippen LogP contribution is 2.23. The number of carbonyl (C=O) groups is 1. The van der Waals surface area contributed by atoms with E-state index in [1.54, 1.807) is 6.07 Å². The monoisotopic (exact) mass is 288 g/mol. The number of aromatic nitrogens is 3. The number of nitro groups is 1. The third-order valence-corrected chi connectivity index (χ3v) is 3.14. The van der Waals surface area contributed by atoms with Crippen molar-refractivity contribution in [2.75, 3.05) is 0 Å². The Kier molecular flexibility index (Phi) is 4.11. The minimum Gasteiger partial charge on any atom is -0.296 e. The lowest BCUT2D eigenvalue weighted by Gasteiger charge is -2.11. The van der Waals surface area contributed by atoms with Gasteiger partial charge in [0, 0.05) is 12.1 Å². The molecular weight excluding hydrogens is 272 g/mol. The van der Waals surface area contributed by atoms with E-state index in [0.29, 0.717) is 30.0 Å². The zero-order chi connectivity index (χ0) is 15.6. The molecule has 0 spiro atoms. The zero-order valence-electron chi connectivity index (χ0n) is 12.1. The summed E-state index contributed by atoms with van der Waals surface area (Å²) in [7, 11) is 0. The number of aldehydes is 1. The van der Waals surface area contributed by atoms with Crippen molar-refractivity contribution in [3.63, 3.8) is 0 Å². The second-order valence-electron chi connectivity index (χ2n) is 5.28. The highest BCUT2D eigenvalue weighted by Gasteiger charge is 2.18. The smallest absolute Gasteiger partial charge is 0.271 e. The number of non-ortho nitro benzene ring substituents is 1. The lowest BCUT2D eigenvalue weighted by molar-refractivity contribution is -0.384. The number of rotatable bonds is 5. The van der Waals surface area contributed by atoms with Gasteiger partial charge in [0.1, 0.15) is 5.69 Å². The SMILES string of the molecule is Cc1ccc([N+](=O)[O-])cc1-n1nnc(C=O)c1CC(C)C. The van der Waals surface area contributed by atoms with E-state index in [2.05, 4.69) is 10.3 Å². The average Bonchev–Trinajstić information content (AvgIpc) is 2.81. The number of carbonyl (C=O) groups excluding carboxylic acids is 1. The zero-order valence-corrected chi connectivity index (χ0v) is 12.1. The Morgan fingerprint density at radius 3 is 2.71 bits per heavy atom. The van der Waals surface area contributed by atoms with Gasteiger partial charge in [-0.05, 0) is 24.8 Å². The molecule has 0 fully saturated rings. The van der Waals surface area contributed by atoms with E-state index in [1.807, 2.05) is 20.8 Å². The summed E-state index contributed by atoms with van der Waals surface area (Å²) in [5, 5.41) is 18.8. The van der Waals surface area contributed by atoms with Gasteiger partial charge in [-0.25, -0.2) is 4.68 Å². The molecule has 1 aromatic carbocycles. The maximum absolute atomic E-state index is 11.1. The van der Waals surface area contributed by atoms with Crippen LogP contribution in [0.5, 0.6) is 0 Å². The molecule has 0 bridgehead atoms. The van der Waals surface area contributed by atoms with Crippen LogP contribution in [0.2, 0.25) is 0 Å². The van der Waals surface area contributed by atoms with Crippen molar-refractivity contribution < 1.29 is 9.72 Å². The van der Waals surface area contributed by atoms with E-state index >= 15 is 0 Å². The normalized spacial score (nSPS) is 10.9. The molecule has 7 nitrogen and oxygen atoms in total. The minimum atomic E-state index is -0.456. The molecule has 7 heteroatoms. The molecule has 0 saturated heterocycles. The second kappa shape index (κ2) is 5.82. The van der Waals surface area contributed by atoms with Crippen LogP contribution in [0.25, 0.3) is 5.69 Å². The summed E-state index contributed by atoms with van der Waals surface area (Å²) in [5.74, 6) is 0.306. The van der Waals surface area contributed by atoms with E-state index < -0.39 is 4.92 Å². The first-order valence-corrected chi connectivity index (χ1v) is 6.59. The number of nitro benzene ring substituents is 1. The van der Waals surface area contributed by atoms with Gasteiger partial charge in [0.2, 0.25) is 0 Å². The molecule has 0 saturated carbocycles. The molecule has 0 atom stereocenters. The van der Waals surface area contributed by atoms with Crippen molar-refractivity contribution in [1.29, 1.82) is 0 Å².